The maximum Gasteiger partial charge on any atom is 0.342 e. The van der Waals surface area contributed by atoms with Crippen molar-refractivity contribution in [3.63, 3.8) is 0 Å². The van der Waals surface area contributed by atoms with Crippen molar-refractivity contribution in [2.45, 2.75) is 13.0 Å². The van der Waals surface area contributed by atoms with Gasteiger partial charge in [0, 0.05) is 18.0 Å². The third kappa shape index (κ3) is 3.35. The van der Waals surface area contributed by atoms with Gasteiger partial charge in [-0.25, -0.2) is 9.59 Å². The number of nitrogens with zero attached hydrogens (tertiary/aromatic N) is 2. The lowest BCUT2D eigenvalue weighted by Crippen LogP contribution is -2.53. The Morgan fingerprint density at radius 3 is 2.96 bits per heavy atom. The summed E-state index contributed by atoms with van der Waals surface area (Å²) < 4.78 is 8.84. The average Bonchev–Trinajstić information content (AvgIpc) is 3.24. The highest BCUT2D eigenvalue weighted by molar-refractivity contribution is 7.11. The molecule has 1 saturated heterocycles. The molecule has 1 fully saturated rings. The number of thiophene rings is 1. The molecule has 1 aliphatic heterocycles. The summed E-state index contributed by atoms with van der Waals surface area (Å²) in [6.45, 7) is 2.41. The molecule has 1 aliphatic rings. The Morgan fingerprint density at radius 2 is 2.28 bits per heavy atom. The fourth-order valence-corrected chi connectivity index (χ4v) is 4.19. The molecular formula is C15H16N4O4S2. The number of hydrogen-bond acceptors (Lipinski definition) is 7. The molecule has 0 unspecified atom stereocenters. The van der Waals surface area contributed by atoms with E-state index < -0.39 is 18.0 Å². The van der Waals surface area contributed by atoms with Crippen molar-refractivity contribution in [2.75, 3.05) is 25.5 Å². The normalized spacial score (nSPS) is 17.1. The van der Waals surface area contributed by atoms with Crippen LogP contribution in [0.2, 0.25) is 0 Å². The van der Waals surface area contributed by atoms with E-state index in [1.54, 1.807) is 6.92 Å². The molecule has 2 aromatic rings. The topological polar surface area (TPSA) is 101 Å². The van der Waals surface area contributed by atoms with Gasteiger partial charge in [-0.05, 0) is 29.9 Å². The van der Waals surface area contributed by atoms with Gasteiger partial charge in [-0.3, -0.25) is 10.1 Å². The van der Waals surface area contributed by atoms with E-state index in [-0.39, 0.29) is 11.5 Å². The number of carbonyl (C=O) groups is 3. The highest BCUT2D eigenvalue weighted by Gasteiger charge is 2.35. The molecule has 8 nitrogen and oxygen atoms in total. The van der Waals surface area contributed by atoms with Crippen molar-refractivity contribution in [3.8, 4) is 0 Å². The van der Waals surface area contributed by atoms with Crippen LogP contribution in [0.15, 0.2) is 17.5 Å². The summed E-state index contributed by atoms with van der Waals surface area (Å²) in [5.74, 6) is -0.787. The standard InChI is InChI=1S/C15H16N4O4S2/c1-8-10(14(21)23-2)13(25-18-8)17-15(22)19-6-5-16-12(20)11(19)9-4-3-7-24-9/h3-4,7,11H,5-6H2,1-2H3,(H,16,20)(H,17,22)/t11-/m1/s1. The molecule has 3 rings (SSSR count). The Balaban J connectivity index is 1.85. The van der Waals surface area contributed by atoms with E-state index in [4.69, 9.17) is 4.74 Å². The minimum atomic E-state index is -0.690. The predicted molar refractivity (Wildman–Crippen MR) is 94.0 cm³/mol. The van der Waals surface area contributed by atoms with Crippen LogP contribution in [0.25, 0.3) is 0 Å². The van der Waals surface area contributed by atoms with E-state index in [2.05, 4.69) is 15.0 Å². The maximum atomic E-state index is 12.8. The Morgan fingerprint density at radius 1 is 1.48 bits per heavy atom. The molecule has 0 aliphatic carbocycles. The Kier molecular flexibility index (Phi) is 5.00. The largest absolute Gasteiger partial charge is 0.465 e. The van der Waals surface area contributed by atoms with E-state index in [1.807, 2.05) is 17.5 Å². The van der Waals surface area contributed by atoms with Crippen molar-refractivity contribution in [2.24, 2.45) is 0 Å². The molecule has 0 radical (unpaired) electrons. The highest BCUT2D eigenvalue weighted by atomic mass is 32.1. The SMILES string of the molecule is COC(=O)c1c(C)nsc1NC(=O)N1CCNC(=O)[C@H]1c1cccs1. The molecule has 0 aromatic carbocycles. The first-order valence-electron chi connectivity index (χ1n) is 7.46. The number of amides is 3. The molecule has 3 heterocycles. The second kappa shape index (κ2) is 7.19. The molecule has 25 heavy (non-hydrogen) atoms. The number of nitrogens with one attached hydrogen (secondary N) is 2. The quantitative estimate of drug-likeness (QED) is 0.794. The van der Waals surface area contributed by atoms with Crippen molar-refractivity contribution in [3.05, 3.63) is 33.6 Å². The van der Waals surface area contributed by atoms with Gasteiger partial charge in [-0.15, -0.1) is 11.3 Å². The molecule has 132 valence electrons. The summed E-state index contributed by atoms with van der Waals surface area (Å²) in [7, 11) is 1.27. The summed E-state index contributed by atoms with van der Waals surface area (Å²) >= 11 is 2.41. The van der Waals surface area contributed by atoms with Gasteiger partial charge >= 0.3 is 12.0 Å². The lowest BCUT2D eigenvalue weighted by atomic mass is 10.1. The number of piperazine rings is 1. The lowest BCUT2D eigenvalue weighted by molar-refractivity contribution is -0.127. The summed E-state index contributed by atoms with van der Waals surface area (Å²) in [6.07, 6.45) is 0. The number of rotatable bonds is 3. The molecule has 1 atom stereocenters. The second-order valence-corrected chi connectivity index (χ2v) is 7.05. The van der Waals surface area contributed by atoms with Gasteiger partial charge in [-0.1, -0.05) is 6.07 Å². The van der Waals surface area contributed by atoms with Crippen LogP contribution in [0.5, 0.6) is 0 Å². The zero-order valence-electron chi connectivity index (χ0n) is 13.6. The third-order valence-electron chi connectivity index (χ3n) is 3.76. The van der Waals surface area contributed by atoms with Gasteiger partial charge < -0.3 is 15.0 Å². The second-order valence-electron chi connectivity index (χ2n) is 5.30. The van der Waals surface area contributed by atoms with Crippen LogP contribution >= 0.6 is 22.9 Å². The summed E-state index contributed by atoms with van der Waals surface area (Å²) in [6, 6.07) is 2.50. The Bertz CT molecular complexity index is 803. The summed E-state index contributed by atoms with van der Waals surface area (Å²) in [5.41, 5.74) is 0.716. The summed E-state index contributed by atoms with van der Waals surface area (Å²) in [4.78, 5) is 39.2. The number of aromatic nitrogens is 1. The lowest BCUT2D eigenvalue weighted by Gasteiger charge is -2.34. The summed E-state index contributed by atoms with van der Waals surface area (Å²) in [5, 5.41) is 7.64. The number of ether oxygens (including phenoxy) is 1. The number of esters is 1. The molecule has 2 aromatic heterocycles. The van der Waals surface area contributed by atoms with Crippen LogP contribution in [-0.4, -0.2) is 47.4 Å². The number of hydrogen-bond donors (Lipinski definition) is 2. The number of anilines is 1. The van der Waals surface area contributed by atoms with Crippen LogP contribution in [0, 0.1) is 6.92 Å². The Labute approximate surface area is 152 Å². The fraction of sp³-hybridized carbons (Fsp3) is 0.333. The minimum Gasteiger partial charge on any atom is -0.465 e. The van der Waals surface area contributed by atoms with Gasteiger partial charge in [0.1, 0.15) is 16.6 Å². The molecule has 10 heteroatoms. The van der Waals surface area contributed by atoms with Crippen LogP contribution in [0.4, 0.5) is 9.80 Å². The molecule has 0 bridgehead atoms. The van der Waals surface area contributed by atoms with Crippen molar-refractivity contribution in [1.29, 1.82) is 0 Å². The van der Waals surface area contributed by atoms with E-state index in [0.29, 0.717) is 23.8 Å². The smallest absolute Gasteiger partial charge is 0.342 e. The first-order chi connectivity index (χ1) is 12.0. The maximum absolute atomic E-state index is 12.8. The first kappa shape index (κ1) is 17.4. The van der Waals surface area contributed by atoms with Crippen LogP contribution < -0.4 is 10.6 Å². The predicted octanol–water partition coefficient (Wildman–Crippen LogP) is 2.00. The van der Waals surface area contributed by atoms with Crippen molar-refractivity contribution < 1.29 is 19.1 Å². The molecular weight excluding hydrogens is 364 g/mol. The van der Waals surface area contributed by atoms with Crippen molar-refractivity contribution >= 4 is 45.8 Å². The average molecular weight is 380 g/mol. The van der Waals surface area contributed by atoms with Gasteiger partial charge in [-0.2, -0.15) is 4.37 Å². The van der Waals surface area contributed by atoms with Gasteiger partial charge in [0.05, 0.1) is 12.8 Å². The van der Waals surface area contributed by atoms with Crippen LogP contribution in [-0.2, 0) is 9.53 Å². The molecule has 0 saturated carbocycles. The first-order valence-corrected chi connectivity index (χ1v) is 9.11. The van der Waals surface area contributed by atoms with Gasteiger partial charge in [0.25, 0.3) is 0 Å². The number of aryl methyl sites for hydroxylation is 1. The molecule has 0 spiro atoms. The number of methoxy groups -OCH3 is 1. The molecule has 2 N–H and O–H groups in total. The fourth-order valence-electron chi connectivity index (χ4n) is 2.58. The van der Waals surface area contributed by atoms with E-state index in [0.717, 1.165) is 16.4 Å². The highest BCUT2D eigenvalue weighted by Crippen LogP contribution is 2.30. The zero-order chi connectivity index (χ0) is 18.0. The monoisotopic (exact) mass is 380 g/mol. The van der Waals surface area contributed by atoms with Gasteiger partial charge in [0.15, 0.2) is 0 Å². The number of urea groups is 1. The third-order valence-corrected chi connectivity index (χ3v) is 5.54. The van der Waals surface area contributed by atoms with Crippen molar-refractivity contribution in [1.82, 2.24) is 14.6 Å². The van der Waals surface area contributed by atoms with Crippen LogP contribution in [0.1, 0.15) is 27.0 Å². The minimum absolute atomic E-state index is 0.225. The molecule has 3 amide bonds. The zero-order valence-corrected chi connectivity index (χ0v) is 15.2. The number of carbonyl (C=O) groups excluding carboxylic acids is 3. The van der Waals surface area contributed by atoms with Crippen LogP contribution in [0.3, 0.4) is 0 Å². The van der Waals surface area contributed by atoms with E-state index in [1.165, 1.54) is 23.3 Å². The van der Waals surface area contributed by atoms with E-state index >= 15 is 0 Å². The Hall–Kier alpha value is -2.46. The van der Waals surface area contributed by atoms with Gasteiger partial charge in [0.2, 0.25) is 5.91 Å². The van der Waals surface area contributed by atoms with E-state index in [9.17, 15) is 14.4 Å².